The first-order valence-electron chi connectivity index (χ1n) is 7.80. The molecule has 2 N–H and O–H groups in total. The van der Waals surface area contributed by atoms with Crippen molar-refractivity contribution in [3.8, 4) is 5.75 Å². The molecule has 9 heteroatoms. The molecule has 0 unspecified atom stereocenters. The van der Waals surface area contributed by atoms with Crippen molar-refractivity contribution in [3.05, 3.63) is 23.8 Å². The molecule has 1 aliphatic rings. The Labute approximate surface area is 146 Å². The van der Waals surface area contributed by atoms with Gasteiger partial charge in [0.15, 0.2) is 0 Å². The summed E-state index contributed by atoms with van der Waals surface area (Å²) in [6, 6.07) is 3.62. The number of benzene rings is 1. The van der Waals surface area contributed by atoms with Crippen LogP contribution in [0.1, 0.15) is 36.0 Å². The van der Waals surface area contributed by atoms with Crippen LogP contribution in [-0.2, 0) is 19.6 Å². The highest BCUT2D eigenvalue weighted by atomic mass is 32.2. The van der Waals surface area contributed by atoms with Crippen LogP contribution in [-0.4, -0.2) is 45.7 Å². The normalized spacial score (nSPS) is 20.7. The van der Waals surface area contributed by atoms with Crippen molar-refractivity contribution in [2.24, 2.45) is 5.92 Å². The standard InChI is InChI=1S/C16H21NO7S/c1-23-13-9-11(16(20)24-2)5-8-14(13)25(21,22)17-12-6-3-10(4-7-12)15(18)19/h5,8-10,12,17H,3-4,6-7H2,1-2H3,(H,18,19). The van der Waals surface area contributed by atoms with Crippen LogP contribution in [0.25, 0.3) is 0 Å². The highest BCUT2D eigenvalue weighted by Crippen LogP contribution is 2.29. The zero-order valence-corrected chi connectivity index (χ0v) is 14.8. The largest absolute Gasteiger partial charge is 0.495 e. The summed E-state index contributed by atoms with van der Waals surface area (Å²) in [6.45, 7) is 0. The third-order valence-electron chi connectivity index (χ3n) is 4.27. The Balaban J connectivity index is 2.17. The molecule has 1 aliphatic carbocycles. The Kier molecular flexibility index (Phi) is 6.02. The van der Waals surface area contributed by atoms with Gasteiger partial charge in [-0.2, -0.15) is 0 Å². The predicted octanol–water partition coefficient (Wildman–Crippen LogP) is 1.40. The lowest BCUT2D eigenvalue weighted by Crippen LogP contribution is -2.38. The van der Waals surface area contributed by atoms with E-state index in [0.29, 0.717) is 25.7 Å². The number of carboxylic acid groups (broad SMARTS) is 1. The Bertz CT molecular complexity index is 752. The number of ether oxygens (including phenoxy) is 2. The maximum absolute atomic E-state index is 12.6. The van der Waals surface area contributed by atoms with Crippen LogP contribution < -0.4 is 9.46 Å². The van der Waals surface area contributed by atoms with E-state index in [-0.39, 0.29) is 22.3 Å². The molecule has 138 valence electrons. The molecule has 0 amide bonds. The number of sulfonamides is 1. The van der Waals surface area contributed by atoms with Crippen molar-refractivity contribution in [2.45, 2.75) is 36.6 Å². The molecule has 0 heterocycles. The third kappa shape index (κ3) is 4.49. The van der Waals surface area contributed by atoms with E-state index in [4.69, 9.17) is 9.84 Å². The van der Waals surface area contributed by atoms with Gasteiger partial charge in [-0.25, -0.2) is 17.9 Å². The van der Waals surface area contributed by atoms with Gasteiger partial charge in [-0.15, -0.1) is 0 Å². The number of nitrogens with one attached hydrogen (secondary N) is 1. The van der Waals surface area contributed by atoms with Crippen LogP contribution in [0.3, 0.4) is 0 Å². The van der Waals surface area contributed by atoms with Crippen LogP contribution in [0.2, 0.25) is 0 Å². The molecule has 1 aromatic rings. The first kappa shape index (κ1) is 19.2. The topological polar surface area (TPSA) is 119 Å². The highest BCUT2D eigenvalue weighted by molar-refractivity contribution is 7.89. The molecule has 0 aromatic heterocycles. The Morgan fingerprint density at radius 1 is 1.16 bits per heavy atom. The van der Waals surface area contributed by atoms with Gasteiger partial charge in [0.1, 0.15) is 10.6 Å². The minimum atomic E-state index is -3.86. The quantitative estimate of drug-likeness (QED) is 0.726. The molecule has 0 atom stereocenters. The molecule has 1 fully saturated rings. The molecule has 1 aromatic carbocycles. The predicted molar refractivity (Wildman–Crippen MR) is 88.0 cm³/mol. The summed E-state index contributed by atoms with van der Waals surface area (Å²) in [7, 11) is -1.32. The smallest absolute Gasteiger partial charge is 0.337 e. The zero-order valence-electron chi connectivity index (χ0n) is 14.0. The summed E-state index contributed by atoms with van der Waals surface area (Å²) in [4.78, 5) is 22.4. The minimum absolute atomic E-state index is 0.0367. The Morgan fingerprint density at radius 3 is 2.32 bits per heavy atom. The van der Waals surface area contributed by atoms with Gasteiger partial charge in [-0.05, 0) is 43.9 Å². The fraction of sp³-hybridized carbons (Fsp3) is 0.500. The first-order chi connectivity index (χ1) is 11.8. The lowest BCUT2D eigenvalue weighted by atomic mass is 9.87. The maximum Gasteiger partial charge on any atom is 0.337 e. The maximum atomic E-state index is 12.6. The van der Waals surface area contributed by atoms with E-state index < -0.39 is 27.9 Å². The first-order valence-corrected chi connectivity index (χ1v) is 9.28. The number of rotatable bonds is 6. The molecular formula is C16H21NO7S. The van der Waals surface area contributed by atoms with Crippen LogP contribution in [0.15, 0.2) is 23.1 Å². The zero-order chi connectivity index (χ0) is 18.6. The van der Waals surface area contributed by atoms with E-state index in [1.165, 1.54) is 32.4 Å². The molecule has 1 saturated carbocycles. The van der Waals surface area contributed by atoms with Crippen molar-refractivity contribution < 1.29 is 32.6 Å². The van der Waals surface area contributed by atoms with Gasteiger partial charge in [0.05, 0.1) is 25.7 Å². The lowest BCUT2D eigenvalue weighted by Gasteiger charge is -2.26. The number of carboxylic acids is 1. The van der Waals surface area contributed by atoms with Gasteiger partial charge in [0.2, 0.25) is 10.0 Å². The second-order valence-corrected chi connectivity index (χ2v) is 7.55. The van der Waals surface area contributed by atoms with Crippen molar-refractivity contribution in [1.82, 2.24) is 4.72 Å². The number of hydrogen-bond acceptors (Lipinski definition) is 6. The second kappa shape index (κ2) is 7.83. The van der Waals surface area contributed by atoms with Gasteiger partial charge in [0, 0.05) is 6.04 Å². The summed E-state index contributed by atoms with van der Waals surface area (Å²) in [5.74, 6) is -1.83. The van der Waals surface area contributed by atoms with E-state index in [2.05, 4.69) is 9.46 Å². The number of methoxy groups -OCH3 is 2. The molecule has 0 bridgehead atoms. The average molecular weight is 371 g/mol. The molecule has 2 rings (SSSR count). The summed E-state index contributed by atoms with van der Waals surface area (Å²) in [6.07, 6.45) is 1.78. The second-order valence-electron chi connectivity index (χ2n) is 5.87. The van der Waals surface area contributed by atoms with Crippen molar-refractivity contribution in [2.75, 3.05) is 14.2 Å². The van der Waals surface area contributed by atoms with E-state index in [1.807, 2.05) is 0 Å². The van der Waals surface area contributed by atoms with Crippen LogP contribution in [0.5, 0.6) is 5.75 Å². The number of carbonyl (C=O) groups is 2. The molecule has 0 aliphatic heterocycles. The van der Waals surface area contributed by atoms with E-state index in [0.717, 1.165) is 0 Å². The Morgan fingerprint density at radius 2 is 1.80 bits per heavy atom. The van der Waals surface area contributed by atoms with Crippen molar-refractivity contribution in [3.63, 3.8) is 0 Å². The fourth-order valence-corrected chi connectivity index (χ4v) is 4.33. The fourth-order valence-electron chi connectivity index (χ4n) is 2.88. The summed E-state index contributed by atoms with van der Waals surface area (Å²) in [5, 5.41) is 9.00. The van der Waals surface area contributed by atoms with Gasteiger partial charge in [-0.3, -0.25) is 4.79 Å². The van der Waals surface area contributed by atoms with E-state index >= 15 is 0 Å². The monoisotopic (exact) mass is 371 g/mol. The number of carbonyl (C=O) groups excluding carboxylic acids is 1. The summed E-state index contributed by atoms with van der Waals surface area (Å²) < 4.78 is 37.5. The highest BCUT2D eigenvalue weighted by Gasteiger charge is 2.30. The number of esters is 1. The molecule has 0 saturated heterocycles. The summed E-state index contributed by atoms with van der Waals surface area (Å²) >= 11 is 0. The molecule has 8 nitrogen and oxygen atoms in total. The molecule has 25 heavy (non-hydrogen) atoms. The third-order valence-corrected chi connectivity index (χ3v) is 5.83. The molecular weight excluding hydrogens is 350 g/mol. The van der Waals surface area contributed by atoms with Gasteiger partial charge < -0.3 is 14.6 Å². The molecule has 0 spiro atoms. The van der Waals surface area contributed by atoms with Crippen molar-refractivity contribution >= 4 is 22.0 Å². The molecule has 0 radical (unpaired) electrons. The summed E-state index contributed by atoms with van der Waals surface area (Å²) in [5.41, 5.74) is 0.181. The van der Waals surface area contributed by atoms with E-state index in [9.17, 15) is 18.0 Å². The van der Waals surface area contributed by atoms with Gasteiger partial charge >= 0.3 is 11.9 Å². The number of aliphatic carboxylic acids is 1. The average Bonchev–Trinajstić information content (AvgIpc) is 2.60. The lowest BCUT2D eigenvalue weighted by molar-refractivity contribution is -0.142. The van der Waals surface area contributed by atoms with Crippen LogP contribution >= 0.6 is 0 Å². The van der Waals surface area contributed by atoms with Crippen LogP contribution in [0, 0.1) is 5.92 Å². The van der Waals surface area contributed by atoms with Crippen LogP contribution in [0.4, 0.5) is 0 Å². The SMILES string of the molecule is COC(=O)c1ccc(S(=O)(=O)NC2CCC(C(=O)O)CC2)c(OC)c1. The van der Waals surface area contributed by atoms with Crippen molar-refractivity contribution in [1.29, 1.82) is 0 Å². The van der Waals surface area contributed by atoms with E-state index in [1.54, 1.807) is 0 Å². The number of hydrogen-bond donors (Lipinski definition) is 2. The minimum Gasteiger partial charge on any atom is -0.495 e. The van der Waals surface area contributed by atoms with Gasteiger partial charge in [0.25, 0.3) is 0 Å². The van der Waals surface area contributed by atoms with Gasteiger partial charge in [-0.1, -0.05) is 0 Å². The Hall–Kier alpha value is -2.13.